The Balaban J connectivity index is 2.12. The normalized spacial score (nSPS) is 10.9. The number of fused-ring (bicyclic) bond motifs is 1. The van der Waals surface area contributed by atoms with Crippen LogP contribution < -0.4 is 10.6 Å². The van der Waals surface area contributed by atoms with Gasteiger partial charge in [0.2, 0.25) is 0 Å². The van der Waals surface area contributed by atoms with Gasteiger partial charge in [0, 0.05) is 36.0 Å². The number of hydrogen-bond donors (Lipinski definition) is 1. The number of halogens is 1. The molecule has 102 valence electrons. The molecule has 0 unspecified atom stereocenters. The van der Waals surface area contributed by atoms with Crippen molar-refractivity contribution in [3.63, 3.8) is 0 Å². The van der Waals surface area contributed by atoms with E-state index in [9.17, 15) is 0 Å². The van der Waals surface area contributed by atoms with Gasteiger partial charge in [0.25, 0.3) is 0 Å². The Morgan fingerprint density at radius 3 is 2.45 bits per heavy atom. The van der Waals surface area contributed by atoms with Crippen LogP contribution in [-0.4, -0.2) is 23.5 Å². The molecule has 4 nitrogen and oxygen atoms in total. The maximum Gasteiger partial charge on any atom is 0.139 e. The lowest BCUT2D eigenvalue weighted by Gasteiger charge is -2.12. The van der Waals surface area contributed by atoms with Gasteiger partial charge in [-0.15, -0.1) is 0 Å². The summed E-state index contributed by atoms with van der Waals surface area (Å²) < 4.78 is 2.86. The van der Waals surface area contributed by atoms with Crippen LogP contribution in [0.2, 0.25) is 0 Å². The van der Waals surface area contributed by atoms with E-state index in [0.717, 1.165) is 27.1 Å². The van der Waals surface area contributed by atoms with E-state index in [0.29, 0.717) is 5.82 Å². The minimum atomic E-state index is 0.652. The Kier molecular flexibility index (Phi) is 3.14. The molecule has 3 aromatic rings. The fourth-order valence-electron chi connectivity index (χ4n) is 2.17. The number of rotatable bonds is 2. The fourth-order valence-corrected chi connectivity index (χ4v) is 2.50. The summed E-state index contributed by atoms with van der Waals surface area (Å²) >= 11 is 3.45. The summed E-state index contributed by atoms with van der Waals surface area (Å²) in [7, 11) is 4.04. The average Bonchev–Trinajstić information content (AvgIpc) is 2.76. The monoisotopic (exact) mass is 330 g/mol. The smallest absolute Gasteiger partial charge is 0.139 e. The van der Waals surface area contributed by atoms with Crippen LogP contribution in [0.25, 0.3) is 16.9 Å². The number of benzene rings is 1. The summed E-state index contributed by atoms with van der Waals surface area (Å²) in [4.78, 5) is 6.67. The molecule has 0 bridgehead atoms. The molecule has 0 aliphatic carbocycles. The van der Waals surface area contributed by atoms with Crippen LogP contribution in [0, 0.1) is 0 Å². The van der Waals surface area contributed by atoms with Gasteiger partial charge < -0.3 is 10.6 Å². The highest BCUT2D eigenvalue weighted by molar-refractivity contribution is 9.10. The van der Waals surface area contributed by atoms with Crippen molar-refractivity contribution >= 4 is 33.1 Å². The van der Waals surface area contributed by atoms with Crippen molar-refractivity contribution in [3.8, 4) is 11.3 Å². The van der Waals surface area contributed by atoms with Gasteiger partial charge in [0.1, 0.15) is 17.2 Å². The van der Waals surface area contributed by atoms with Crippen molar-refractivity contribution in [3.05, 3.63) is 47.1 Å². The van der Waals surface area contributed by atoms with Crippen molar-refractivity contribution in [2.45, 2.75) is 0 Å². The number of nitrogen functional groups attached to an aromatic ring is 1. The van der Waals surface area contributed by atoms with E-state index in [4.69, 9.17) is 5.73 Å². The summed E-state index contributed by atoms with van der Waals surface area (Å²) in [5.74, 6) is 0.652. The first-order valence-corrected chi connectivity index (χ1v) is 7.06. The molecule has 20 heavy (non-hydrogen) atoms. The predicted molar refractivity (Wildman–Crippen MR) is 87.1 cm³/mol. The molecule has 0 saturated heterocycles. The van der Waals surface area contributed by atoms with Crippen molar-refractivity contribution < 1.29 is 0 Å². The number of nitrogens with two attached hydrogens (primary N) is 1. The van der Waals surface area contributed by atoms with Gasteiger partial charge in [0.15, 0.2) is 0 Å². The van der Waals surface area contributed by atoms with Crippen molar-refractivity contribution in [2.75, 3.05) is 24.7 Å². The second kappa shape index (κ2) is 4.83. The maximum atomic E-state index is 6.21. The van der Waals surface area contributed by atoms with Crippen LogP contribution in [0.3, 0.4) is 0 Å². The Morgan fingerprint density at radius 2 is 1.80 bits per heavy atom. The standard InChI is InChI=1S/C15H15BrN4/c1-19(2)12-6-3-10(4-7-12)14-15(17)20-9-11(16)5-8-13(20)18-14/h3-9H,17H2,1-2H3. The number of nitrogens with zero attached hydrogens (tertiary/aromatic N) is 3. The third kappa shape index (κ3) is 2.14. The van der Waals surface area contributed by atoms with Gasteiger partial charge >= 0.3 is 0 Å². The molecule has 5 heteroatoms. The van der Waals surface area contributed by atoms with Gasteiger partial charge in [-0.05, 0) is 40.2 Å². The molecule has 0 amide bonds. The van der Waals surface area contributed by atoms with Crippen LogP contribution in [0.5, 0.6) is 0 Å². The molecule has 3 rings (SSSR count). The Hall–Kier alpha value is -2.01. The minimum Gasteiger partial charge on any atom is -0.383 e. The minimum absolute atomic E-state index is 0.652. The lowest BCUT2D eigenvalue weighted by molar-refractivity contribution is 1.13. The van der Waals surface area contributed by atoms with E-state index >= 15 is 0 Å². The van der Waals surface area contributed by atoms with Crippen molar-refractivity contribution in [1.82, 2.24) is 9.38 Å². The molecule has 2 N–H and O–H groups in total. The van der Waals surface area contributed by atoms with Gasteiger partial charge in [-0.25, -0.2) is 4.98 Å². The van der Waals surface area contributed by atoms with E-state index < -0.39 is 0 Å². The highest BCUT2D eigenvalue weighted by Crippen LogP contribution is 2.28. The van der Waals surface area contributed by atoms with Crippen molar-refractivity contribution in [2.24, 2.45) is 0 Å². The first-order valence-electron chi connectivity index (χ1n) is 6.27. The highest BCUT2D eigenvalue weighted by atomic mass is 79.9. The highest BCUT2D eigenvalue weighted by Gasteiger charge is 2.11. The molecule has 2 aromatic heterocycles. The van der Waals surface area contributed by atoms with Crippen LogP contribution >= 0.6 is 15.9 Å². The van der Waals surface area contributed by atoms with E-state index in [-0.39, 0.29) is 0 Å². The number of aromatic nitrogens is 2. The SMILES string of the molecule is CN(C)c1ccc(-c2nc3ccc(Br)cn3c2N)cc1. The lowest BCUT2D eigenvalue weighted by Crippen LogP contribution is -2.07. The molecule has 0 radical (unpaired) electrons. The van der Waals surface area contributed by atoms with Gasteiger partial charge in [-0.2, -0.15) is 0 Å². The van der Waals surface area contributed by atoms with Gasteiger partial charge in [-0.1, -0.05) is 12.1 Å². The van der Waals surface area contributed by atoms with E-state index in [1.807, 2.05) is 49.0 Å². The second-order valence-corrected chi connectivity index (χ2v) is 5.78. The summed E-state index contributed by atoms with van der Waals surface area (Å²) in [5, 5.41) is 0. The number of hydrogen-bond acceptors (Lipinski definition) is 3. The zero-order valence-corrected chi connectivity index (χ0v) is 12.9. The van der Waals surface area contributed by atoms with Gasteiger partial charge in [-0.3, -0.25) is 4.40 Å². The molecule has 0 saturated carbocycles. The predicted octanol–water partition coefficient (Wildman–Crippen LogP) is 3.41. The largest absolute Gasteiger partial charge is 0.383 e. The first kappa shape index (κ1) is 13.0. The Morgan fingerprint density at radius 1 is 1.10 bits per heavy atom. The molecule has 2 heterocycles. The molecular weight excluding hydrogens is 316 g/mol. The molecule has 0 aliphatic rings. The lowest BCUT2D eigenvalue weighted by atomic mass is 10.1. The number of anilines is 2. The van der Waals surface area contributed by atoms with E-state index in [2.05, 4.69) is 37.9 Å². The zero-order valence-electron chi connectivity index (χ0n) is 11.3. The Bertz CT molecular complexity index is 759. The quantitative estimate of drug-likeness (QED) is 0.783. The molecule has 0 atom stereocenters. The molecule has 0 spiro atoms. The van der Waals surface area contributed by atoms with Crippen LogP contribution in [-0.2, 0) is 0 Å². The summed E-state index contributed by atoms with van der Waals surface area (Å²) in [5.41, 5.74) is 10.0. The molecule has 0 aliphatic heterocycles. The van der Waals surface area contributed by atoms with E-state index in [1.54, 1.807) is 0 Å². The van der Waals surface area contributed by atoms with Crippen LogP contribution in [0.15, 0.2) is 47.1 Å². The molecule has 1 aromatic carbocycles. The molecular formula is C15H15BrN4. The summed E-state index contributed by atoms with van der Waals surface area (Å²) in [6, 6.07) is 12.1. The average molecular weight is 331 g/mol. The van der Waals surface area contributed by atoms with Crippen molar-refractivity contribution in [1.29, 1.82) is 0 Å². The summed E-state index contributed by atoms with van der Waals surface area (Å²) in [6.07, 6.45) is 1.93. The maximum absolute atomic E-state index is 6.21. The first-order chi connectivity index (χ1) is 9.56. The third-order valence-electron chi connectivity index (χ3n) is 3.28. The van der Waals surface area contributed by atoms with Gasteiger partial charge in [0.05, 0.1) is 0 Å². The number of pyridine rings is 1. The topological polar surface area (TPSA) is 46.6 Å². The van der Waals surface area contributed by atoms with Crippen LogP contribution in [0.1, 0.15) is 0 Å². The van der Waals surface area contributed by atoms with E-state index in [1.165, 1.54) is 0 Å². The fraction of sp³-hybridized carbons (Fsp3) is 0.133. The zero-order chi connectivity index (χ0) is 14.3. The summed E-state index contributed by atoms with van der Waals surface area (Å²) in [6.45, 7) is 0. The number of imidazole rings is 1. The Labute approximate surface area is 126 Å². The second-order valence-electron chi connectivity index (χ2n) is 4.86. The van der Waals surface area contributed by atoms with Crippen LogP contribution in [0.4, 0.5) is 11.5 Å². The molecule has 0 fully saturated rings. The third-order valence-corrected chi connectivity index (χ3v) is 3.75.